The van der Waals surface area contributed by atoms with Gasteiger partial charge >= 0.3 is 0 Å². The molecule has 0 spiro atoms. The average Bonchev–Trinajstić information content (AvgIpc) is 2.17. The van der Waals surface area contributed by atoms with Gasteiger partial charge in [-0.1, -0.05) is 20.3 Å². The summed E-state index contributed by atoms with van der Waals surface area (Å²) in [5.74, 6) is 0. The molecule has 0 aliphatic heterocycles. The fraction of sp³-hybridized carbons (Fsp3) is 1.00. The molecule has 0 radical (unpaired) electrons. The summed E-state index contributed by atoms with van der Waals surface area (Å²) in [5, 5.41) is 12.7. The van der Waals surface area contributed by atoms with E-state index < -0.39 is 0 Å². The van der Waals surface area contributed by atoms with Crippen molar-refractivity contribution in [2.24, 2.45) is 0 Å². The Morgan fingerprint density at radius 2 is 2.08 bits per heavy atom. The standard InChI is InChI=1S/C10H23NO2/c1-4-6-10(5-2,9-12)11-7-8-13-3/h11-12H,4-9H2,1-3H3. The lowest BCUT2D eigenvalue weighted by molar-refractivity contribution is 0.127. The highest BCUT2D eigenvalue weighted by molar-refractivity contribution is 4.85. The lowest BCUT2D eigenvalue weighted by Gasteiger charge is -2.31. The van der Waals surface area contributed by atoms with E-state index in [1.807, 2.05) is 0 Å². The largest absolute Gasteiger partial charge is 0.394 e. The minimum Gasteiger partial charge on any atom is -0.394 e. The summed E-state index contributed by atoms with van der Waals surface area (Å²) in [6.07, 6.45) is 3.07. The second-order valence-corrected chi connectivity index (χ2v) is 3.46. The molecule has 0 aliphatic rings. The second kappa shape index (κ2) is 7.30. The van der Waals surface area contributed by atoms with Crippen LogP contribution in [0.25, 0.3) is 0 Å². The van der Waals surface area contributed by atoms with Gasteiger partial charge in [-0.15, -0.1) is 0 Å². The summed E-state index contributed by atoms with van der Waals surface area (Å²) < 4.78 is 4.96. The summed E-state index contributed by atoms with van der Waals surface area (Å²) in [6.45, 7) is 5.96. The van der Waals surface area contributed by atoms with E-state index in [1.165, 1.54) is 0 Å². The minimum absolute atomic E-state index is 0.0900. The first-order chi connectivity index (χ1) is 6.24. The second-order valence-electron chi connectivity index (χ2n) is 3.46. The summed E-state index contributed by atoms with van der Waals surface area (Å²) in [4.78, 5) is 0. The van der Waals surface area contributed by atoms with Crippen LogP contribution in [0.15, 0.2) is 0 Å². The van der Waals surface area contributed by atoms with E-state index in [2.05, 4.69) is 19.2 Å². The van der Waals surface area contributed by atoms with Crippen molar-refractivity contribution in [2.45, 2.75) is 38.6 Å². The van der Waals surface area contributed by atoms with E-state index >= 15 is 0 Å². The zero-order chi connectivity index (χ0) is 10.2. The maximum atomic E-state index is 9.30. The average molecular weight is 189 g/mol. The number of nitrogens with one attached hydrogen (secondary N) is 1. The number of ether oxygens (including phenoxy) is 1. The van der Waals surface area contributed by atoms with Crippen LogP contribution in [0.4, 0.5) is 0 Å². The highest BCUT2D eigenvalue weighted by Gasteiger charge is 2.24. The molecule has 0 saturated heterocycles. The van der Waals surface area contributed by atoms with Gasteiger partial charge in [-0.25, -0.2) is 0 Å². The Kier molecular flexibility index (Phi) is 7.23. The Balaban J connectivity index is 3.89. The van der Waals surface area contributed by atoms with Crippen molar-refractivity contribution in [1.29, 1.82) is 0 Å². The number of methoxy groups -OCH3 is 1. The third-order valence-corrected chi connectivity index (χ3v) is 2.51. The molecule has 1 atom stereocenters. The normalized spacial score (nSPS) is 15.7. The van der Waals surface area contributed by atoms with Gasteiger partial charge in [0.1, 0.15) is 0 Å². The first-order valence-electron chi connectivity index (χ1n) is 5.09. The van der Waals surface area contributed by atoms with Crippen molar-refractivity contribution in [3.05, 3.63) is 0 Å². The Labute approximate surface area is 81.5 Å². The molecule has 13 heavy (non-hydrogen) atoms. The van der Waals surface area contributed by atoms with E-state index in [-0.39, 0.29) is 12.1 Å². The van der Waals surface area contributed by atoms with Crippen molar-refractivity contribution < 1.29 is 9.84 Å². The van der Waals surface area contributed by atoms with Crippen molar-refractivity contribution in [1.82, 2.24) is 5.32 Å². The predicted octanol–water partition coefficient (Wildman–Crippen LogP) is 1.16. The van der Waals surface area contributed by atoms with Gasteiger partial charge in [0.2, 0.25) is 0 Å². The number of rotatable bonds is 8. The van der Waals surface area contributed by atoms with Gasteiger partial charge in [-0.3, -0.25) is 0 Å². The maximum Gasteiger partial charge on any atom is 0.0613 e. The monoisotopic (exact) mass is 189 g/mol. The molecular formula is C10H23NO2. The smallest absolute Gasteiger partial charge is 0.0613 e. The number of aliphatic hydroxyl groups excluding tert-OH is 1. The van der Waals surface area contributed by atoms with Crippen LogP contribution in [0, 0.1) is 0 Å². The lowest BCUT2D eigenvalue weighted by atomic mass is 9.91. The first-order valence-corrected chi connectivity index (χ1v) is 5.09. The van der Waals surface area contributed by atoms with Crippen LogP contribution in [0.1, 0.15) is 33.1 Å². The Morgan fingerprint density at radius 1 is 1.38 bits per heavy atom. The molecule has 3 heteroatoms. The number of hydrogen-bond donors (Lipinski definition) is 2. The Bertz CT molecular complexity index is 113. The van der Waals surface area contributed by atoms with Crippen LogP contribution in [-0.2, 0) is 4.74 Å². The third-order valence-electron chi connectivity index (χ3n) is 2.51. The van der Waals surface area contributed by atoms with Crippen LogP contribution in [0.5, 0.6) is 0 Å². The summed E-state index contributed by atoms with van der Waals surface area (Å²) >= 11 is 0. The highest BCUT2D eigenvalue weighted by atomic mass is 16.5. The van der Waals surface area contributed by atoms with Gasteiger partial charge in [-0.2, -0.15) is 0 Å². The molecule has 0 rings (SSSR count). The molecule has 0 amide bonds. The molecule has 1 unspecified atom stereocenters. The molecule has 80 valence electrons. The van der Waals surface area contributed by atoms with Gasteiger partial charge in [0.15, 0.2) is 0 Å². The summed E-state index contributed by atoms with van der Waals surface area (Å²) in [5.41, 5.74) is -0.0900. The molecule has 0 heterocycles. The fourth-order valence-electron chi connectivity index (χ4n) is 1.53. The first kappa shape index (κ1) is 12.9. The molecule has 0 saturated carbocycles. The van der Waals surface area contributed by atoms with E-state index in [0.29, 0.717) is 6.61 Å². The van der Waals surface area contributed by atoms with Gasteiger partial charge in [0, 0.05) is 19.2 Å². The molecule has 2 N–H and O–H groups in total. The number of hydrogen-bond acceptors (Lipinski definition) is 3. The van der Waals surface area contributed by atoms with Gasteiger partial charge < -0.3 is 15.2 Å². The molecule has 0 bridgehead atoms. The topological polar surface area (TPSA) is 41.5 Å². The zero-order valence-electron chi connectivity index (χ0n) is 9.10. The van der Waals surface area contributed by atoms with Gasteiger partial charge in [0.05, 0.1) is 13.2 Å². The van der Waals surface area contributed by atoms with Crippen molar-refractivity contribution in [3.63, 3.8) is 0 Å². The molecule has 0 aromatic carbocycles. The van der Waals surface area contributed by atoms with Crippen LogP contribution < -0.4 is 5.32 Å². The maximum absolute atomic E-state index is 9.30. The predicted molar refractivity (Wildman–Crippen MR) is 54.9 cm³/mol. The van der Waals surface area contributed by atoms with Crippen LogP contribution >= 0.6 is 0 Å². The quantitative estimate of drug-likeness (QED) is 0.563. The molecule has 0 fully saturated rings. The van der Waals surface area contributed by atoms with Crippen molar-refractivity contribution >= 4 is 0 Å². The number of aliphatic hydroxyl groups is 1. The lowest BCUT2D eigenvalue weighted by Crippen LogP contribution is -2.49. The zero-order valence-corrected chi connectivity index (χ0v) is 9.10. The fourth-order valence-corrected chi connectivity index (χ4v) is 1.53. The van der Waals surface area contributed by atoms with Crippen LogP contribution in [-0.4, -0.2) is 37.5 Å². The van der Waals surface area contributed by atoms with E-state index in [9.17, 15) is 5.11 Å². The van der Waals surface area contributed by atoms with Gasteiger partial charge in [-0.05, 0) is 12.8 Å². The summed E-state index contributed by atoms with van der Waals surface area (Å²) in [6, 6.07) is 0. The molecule has 0 aromatic rings. The third kappa shape index (κ3) is 4.60. The molecule has 3 nitrogen and oxygen atoms in total. The van der Waals surface area contributed by atoms with Crippen LogP contribution in [0.3, 0.4) is 0 Å². The molecule has 0 aliphatic carbocycles. The van der Waals surface area contributed by atoms with Gasteiger partial charge in [0.25, 0.3) is 0 Å². The van der Waals surface area contributed by atoms with E-state index in [4.69, 9.17) is 4.74 Å². The summed E-state index contributed by atoms with van der Waals surface area (Å²) in [7, 11) is 1.69. The van der Waals surface area contributed by atoms with E-state index in [0.717, 1.165) is 25.8 Å². The Hall–Kier alpha value is -0.120. The Morgan fingerprint density at radius 3 is 2.46 bits per heavy atom. The minimum atomic E-state index is -0.0900. The highest BCUT2D eigenvalue weighted by Crippen LogP contribution is 2.16. The molecule has 0 aromatic heterocycles. The molecular weight excluding hydrogens is 166 g/mol. The van der Waals surface area contributed by atoms with Crippen LogP contribution in [0.2, 0.25) is 0 Å². The van der Waals surface area contributed by atoms with E-state index in [1.54, 1.807) is 7.11 Å². The van der Waals surface area contributed by atoms with Crippen molar-refractivity contribution in [3.8, 4) is 0 Å². The SMILES string of the molecule is CCCC(CC)(CO)NCCOC. The van der Waals surface area contributed by atoms with Crippen molar-refractivity contribution in [2.75, 3.05) is 26.9 Å².